The highest BCUT2D eigenvalue weighted by molar-refractivity contribution is 7.90. The van der Waals surface area contributed by atoms with Crippen LogP contribution in [0.25, 0.3) is 17.5 Å². The Morgan fingerprint density at radius 3 is 1.31 bits per heavy atom. The van der Waals surface area contributed by atoms with Crippen LogP contribution in [0.4, 0.5) is 54.9 Å². The summed E-state index contributed by atoms with van der Waals surface area (Å²) in [6, 6.07) is 17.1. The molecule has 0 unspecified atom stereocenters. The van der Waals surface area contributed by atoms with Crippen molar-refractivity contribution in [3.63, 3.8) is 0 Å². The van der Waals surface area contributed by atoms with Gasteiger partial charge in [0, 0.05) is 111 Å². The minimum Gasteiger partial charge on any atom is -0.477 e. The van der Waals surface area contributed by atoms with Gasteiger partial charge >= 0.3 is 36.7 Å². The molecule has 0 spiro atoms. The maximum Gasteiger partial charge on any atom is 0.410 e. The van der Waals surface area contributed by atoms with Crippen molar-refractivity contribution in [3.8, 4) is 35.1 Å². The van der Waals surface area contributed by atoms with Crippen LogP contribution in [0.2, 0.25) is 10.3 Å². The first kappa shape index (κ1) is 118. The molecule has 0 radical (unpaired) electrons. The number of anilines is 1. The van der Waals surface area contributed by atoms with E-state index in [1.807, 2.05) is 69.9 Å². The molecule has 3 saturated heterocycles. The Labute approximate surface area is 858 Å². The first-order chi connectivity index (χ1) is 67.5. The molecule has 52 heteroatoms. The van der Waals surface area contributed by atoms with Crippen molar-refractivity contribution >= 4 is 89.1 Å². The molecular weight excluding hydrogens is 2050 g/mol. The first-order valence-electron chi connectivity index (χ1n) is 47.4. The van der Waals surface area contributed by atoms with Gasteiger partial charge in [0.15, 0.2) is 32.5 Å². The second kappa shape index (κ2) is 45.2. The number of carbonyl (C=O) groups excluding carboxylic acids is 5. The lowest BCUT2D eigenvalue weighted by atomic mass is 9.89. The number of halogens is 11. The molecule has 13 heterocycles. The number of aromatic nitrogens is 15. The van der Waals surface area contributed by atoms with Crippen LogP contribution >= 0.6 is 23.2 Å². The van der Waals surface area contributed by atoms with Gasteiger partial charge in [-0.05, 0) is 253 Å². The normalized spacial score (nSPS) is 17.7. The van der Waals surface area contributed by atoms with Gasteiger partial charge in [-0.1, -0.05) is 64.7 Å². The number of nitrogens with two attached hydrogens (primary N) is 1. The molecule has 3 atom stereocenters. The lowest BCUT2D eigenvalue weighted by Gasteiger charge is -2.34. The van der Waals surface area contributed by atoms with Crippen molar-refractivity contribution in [2.75, 3.05) is 44.4 Å². The number of esters is 1. The SMILES string of the molecule is CC(C)(C)OC(=O)N1C[C@@H](CCCn2ccc(S(=O)(=O)NC(=O)c3ccc(-n4ccc(OCCC(C)(C)C(F)(F)F)n4)nc3Cl)n2)CC1(C)C.CC(C)(C)OC(=O)N1C[C@@H](CCCn2ccc(S(N)(=O)=O)n2)CC1(C)C.CC(C)(C)OC(=O)c1ccc(-n2ccc(OCCC(C)(C)C(F)(F)F)n2)nc1Cl.CC1(C)C[C@@H]2CCCn3ccc(n3)S(=O)(=O)NC(=O)c3ccc(-n4ccc(OCCC(C)(C)C(F)(F)F)n4)nc3N1C2. The van der Waals surface area contributed by atoms with Crippen molar-refractivity contribution < 1.29 is 117 Å². The van der Waals surface area contributed by atoms with Gasteiger partial charge in [-0.25, -0.2) is 66.4 Å². The van der Waals surface area contributed by atoms with E-state index in [1.165, 1.54) is 110 Å². The Morgan fingerprint density at radius 2 is 0.905 bits per heavy atom. The molecule has 0 aliphatic carbocycles. The van der Waals surface area contributed by atoms with E-state index >= 15 is 0 Å². The topological polar surface area (TPSA) is 449 Å². The van der Waals surface area contributed by atoms with E-state index in [2.05, 4.69) is 73.0 Å². The molecular formula is C95H130Cl2F9N21O17S3. The molecule has 4 N–H and O–H groups in total. The largest absolute Gasteiger partial charge is 0.477 e. The molecule has 3 fully saturated rings. The van der Waals surface area contributed by atoms with E-state index in [0.29, 0.717) is 75.0 Å². The predicted molar refractivity (Wildman–Crippen MR) is 524 cm³/mol. The van der Waals surface area contributed by atoms with Gasteiger partial charge in [0.2, 0.25) is 17.6 Å². The van der Waals surface area contributed by atoms with Crippen molar-refractivity contribution in [2.24, 2.45) is 39.1 Å². The number of carbonyl (C=O) groups is 5. The molecule has 0 saturated carbocycles. The van der Waals surface area contributed by atoms with Crippen molar-refractivity contribution in [1.29, 1.82) is 0 Å². The molecule has 4 amide bonds. The summed E-state index contributed by atoms with van der Waals surface area (Å²) in [5.41, 5.74) is -8.48. The van der Waals surface area contributed by atoms with Crippen molar-refractivity contribution in [1.82, 2.24) is 92.9 Å². The fourth-order valence-electron chi connectivity index (χ4n) is 16.2. The quantitative estimate of drug-likeness (QED) is 0.0177. The third kappa shape index (κ3) is 32.1. The van der Waals surface area contributed by atoms with E-state index in [1.54, 1.807) is 53.6 Å². The summed E-state index contributed by atoms with van der Waals surface area (Å²) < 4.78 is 237. The van der Waals surface area contributed by atoms with Crippen LogP contribution < -0.4 is 33.7 Å². The number of alkyl halides is 9. The summed E-state index contributed by atoms with van der Waals surface area (Å²) in [6.45, 7) is 38.1. The maximum atomic E-state index is 13.4. The van der Waals surface area contributed by atoms with Gasteiger partial charge < -0.3 is 43.1 Å². The lowest BCUT2D eigenvalue weighted by Crippen LogP contribution is -2.45. The number of likely N-dealkylation sites (tertiary alicyclic amines) is 2. The standard InChI is InChI=1S/C32H43ClF3N7O6S.C27H34F3N7O4S.C19H23ClF3N3O3.C17H30N4O4S/c1-29(2,3)49-28(45)42-20-21(19-31(42,6)7)9-8-15-41-16-13-25(39-41)50(46,47)40-27(44)22-10-11-23(37-26(22)33)43-17-12-24(38-43)48-18-14-30(4,5)32(34,35)36;1-25(2,27(28,29)30)11-15-41-21-9-14-37(32-21)20-8-7-19-23(31-20)36-17-18(16-26(36,3)4)6-5-12-35-13-10-22(33-35)42(39,40)34-24(19)38;1-17(2,3)29-16(27)12-6-7-13(24-15(12)20)26-10-8-14(25-26)28-11-9-18(4,5)19(21,22)23;1-16(2,3)25-15(22)21-12-13(11-17(21,4)5)7-6-9-20-10-8-14(19-20)26(18,23)24/h10-13,16-17,21H,8-9,14-15,18-20H2,1-7H3,(H,40,44);7-10,13-14,18H,5-6,11-12,15-17H2,1-4H3,(H,34,38);6-8,10H,9,11H2,1-5H3;8,10,13H,6-7,9,11-12H2,1-5H3,(H2,18,23,24)/t21-;18-;;13-/m00.0/s1. The summed E-state index contributed by atoms with van der Waals surface area (Å²) in [4.78, 5) is 82.2. The van der Waals surface area contributed by atoms with Crippen LogP contribution in [0.1, 0.15) is 254 Å². The average molecular weight is 2180 g/mol. The molecule has 38 nitrogen and oxygen atoms in total. The lowest BCUT2D eigenvalue weighted by molar-refractivity contribution is -0.215. The van der Waals surface area contributed by atoms with Crippen molar-refractivity contribution in [3.05, 3.63) is 137 Å². The number of sulfonamides is 3. The number of ether oxygens (including phenoxy) is 6. The third-order valence-corrected chi connectivity index (χ3v) is 28.6. The molecule has 4 aliphatic rings. The number of hydrogen-bond acceptors (Lipinski definition) is 27. The first-order valence-corrected chi connectivity index (χ1v) is 52.7. The minimum absolute atomic E-state index is 0.0540. The summed E-state index contributed by atoms with van der Waals surface area (Å²) in [5, 5.41) is 28.8. The van der Waals surface area contributed by atoms with Gasteiger partial charge in [-0.3, -0.25) is 23.6 Å². The summed E-state index contributed by atoms with van der Waals surface area (Å²) in [6.07, 6.45) is 2.32. The zero-order valence-electron chi connectivity index (χ0n) is 85.9. The van der Waals surface area contributed by atoms with Gasteiger partial charge in [0.1, 0.15) is 32.9 Å². The van der Waals surface area contributed by atoms with Gasteiger partial charge in [0.05, 0.1) is 52.8 Å². The highest BCUT2D eigenvalue weighted by Crippen LogP contribution is 2.46. The van der Waals surface area contributed by atoms with Crippen LogP contribution in [0, 0.1) is 34.0 Å². The molecule has 4 aliphatic heterocycles. The Bertz CT molecular complexity index is 6490. The summed E-state index contributed by atoms with van der Waals surface area (Å²) >= 11 is 12.3. The number of pyridine rings is 3. The number of nitrogens with zero attached hydrogens (tertiary/aromatic N) is 18. The highest BCUT2D eigenvalue weighted by atomic mass is 35.5. The van der Waals surface area contributed by atoms with E-state index in [9.17, 15) is 88.7 Å². The number of aryl methyl sites for hydroxylation is 3. The van der Waals surface area contributed by atoms with Gasteiger partial charge in [-0.2, -0.15) is 71.6 Å². The van der Waals surface area contributed by atoms with Crippen LogP contribution in [-0.2, 0) is 63.9 Å². The van der Waals surface area contributed by atoms with E-state index in [-0.39, 0.29) is 139 Å². The van der Waals surface area contributed by atoms with Crippen LogP contribution in [-0.4, -0.2) is 230 Å². The number of amides is 4. The van der Waals surface area contributed by atoms with Crippen LogP contribution in [0.3, 0.4) is 0 Å². The average Bonchev–Trinajstić information content (AvgIpc) is 1.63. The van der Waals surface area contributed by atoms with Gasteiger partial charge in [0.25, 0.3) is 41.9 Å². The third-order valence-electron chi connectivity index (χ3n) is 24.8. The second-order valence-corrected chi connectivity index (χ2v) is 48.8. The number of primary sulfonamides is 1. The number of rotatable bonds is 28. The zero-order valence-corrected chi connectivity index (χ0v) is 89.9. The second-order valence-electron chi connectivity index (χ2n) is 43.3. The number of nitrogens with one attached hydrogen (secondary N) is 2. The Morgan fingerprint density at radius 1 is 0.497 bits per heavy atom. The van der Waals surface area contributed by atoms with Crippen molar-refractivity contribution in [2.45, 2.75) is 309 Å². The molecule has 0 aromatic carbocycles. The number of hydrogen-bond donors (Lipinski definition) is 3. The molecule has 9 aromatic heterocycles. The summed E-state index contributed by atoms with van der Waals surface area (Å²) in [5.74, 6) is -0.104. The minimum atomic E-state index is -4.38. The molecule has 13 rings (SSSR count). The van der Waals surface area contributed by atoms with Gasteiger partial charge in [-0.15, -0.1) is 15.3 Å². The van der Waals surface area contributed by atoms with Crippen LogP contribution in [0.15, 0.2) is 125 Å². The van der Waals surface area contributed by atoms with E-state index in [0.717, 1.165) is 92.9 Å². The zero-order chi connectivity index (χ0) is 110. The Kier molecular flexibility index (Phi) is 36.1. The molecule has 4 bridgehead atoms. The maximum absolute atomic E-state index is 13.4. The predicted octanol–water partition coefficient (Wildman–Crippen LogP) is 18.3. The van der Waals surface area contributed by atoms with E-state index in [4.69, 9.17) is 61.7 Å². The Hall–Kier alpha value is -11.4. The number of fused-ring (bicyclic) bond motifs is 6. The molecule has 9 aromatic rings. The fourth-order valence-corrected chi connectivity index (χ4v) is 19.0. The molecule has 812 valence electrons. The fraction of sp³-hybridized carbons (Fsp3) is 0.600. The summed E-state index contributed by atoms with van der Waals surface area (Å²) in [7, 11) is -12.4. The monoisotopic (exact) mass is 2170 g/mol. The Balaban J connectivity index is 0.000000207. The smallest absolute Gasteiger partial charge is 0.410 e. The van der Waals surface area contributed by atoms with Crippen LogP contribution in [0.5, 0.6) is 17.6 Å². The van der Waals surface area contributed by atoms with E-state index < -0.39 is 99.4 Å². The highest BCUT2D eigenvalue weighted by Gasteiger charge is 2.51. The molecule has 147 heavy (non-hydrogen) atoms.